The Morgan fingerprint density at radius 2 is 1.50 bits per heavy atom. The van der Waals surface area contributed by atoms with E-state index in [-0.39, 0.29) is 0 Å². The topological polar surface area (TPSA) is 57.4 Å². The first-order valence-electron chi connectivity index (χ1n) is 6.54. The molecule has 4 nitrogen and oxygen atoms in total. The van der Waals surface area contributed by atoms with Gasteiger partial charge in [-0.15, -0.1) is 0 Å². The van der Waals surface area contributed by atoms with Gasteiger partial charge in [0.1, 0.15) is 11.0 Å². The Labute approximate surface area is 113 Å². The third-order valence-electron chi connectivity index (χ3n) is 3.78. The lowest BCUT2D eigenvalue weighted by atomic mass is 10.2. The van der Waals surface area contributed by atoms with Gasteiger partial charge in [-0.3, -0.25) is 4.98 Å². The molecule has 0 fully saturated rings. The van der Waals surface area contributed by atoms with Gasteiger partial charge in [-0.2, -0.15) is 0 Å². The zero-order valence-corrected chi connectivity index (χ0v) is 10.5. The Kier molecular flexibility index (Phi) is 1.68. The Bertz CT molecular complexity index is 1020. The number of nitrogens with zero attached hydrogens (tertiary/aromatic N) is 2. The third-order valence-corrected chi connectivity index (χ3v) is 3.78. The Morgan fingerprint density at radius 3 is 2.50 bits per heavy atom. The van der Waals surface area contributed by atoms with E-state index in [1.807, 2.05) is 24.3 Å². The van der Waals surface area contributed by atoms with E-state index in [0.29, 0.717) is 0 Å². The second-order valence-corrected chi connectivity index (χ2v) is 4.98. The quantitative estimate of drug-likeness (QED) is 0.444. The van der Waals surface area contributed by atoms with Gasteiger partial charge in [0.25, 0.3) is 0 Å². The molecule has 0 saturated heterocycles. The molecule has 0 atom stereocenters. The monoisotopic (exact) mass is 258 g/mol. The molecule has 4 aromatic heterocycles. The van der Waals surface area contributed by atoms with Gasteiger partial charge in [-0.25, -0.2) is 4.98 Å². The van der Waals surface area contributed by atoms with Crippen LogP contribution < -0.4 is 0 Å². The predicted molar refractivity (Wildman–Crippen MR) is 80.8 cm³/mol. The lowest BCUT2D eigenvalue weighted by Gasteiger charge is -1.92. The molecular weight excluding hydrogens is 248 g/mol. The molecule has 20 heavy (non-hydrogen) atoms. The first kappa shape index (κ1) is 9.97. The summed E-state index contributed by atoms with van der Waals surface area (Å²) in [5, 5.41) is 1.15. The Balaban J connectivity index is 2.06. The van der Waals surface area contributed by atoms with Gasteiger partial charge in [-0.1, -0.05) is 18.2 Å². The number of pyridine rings is 2. The number of aromatic amines is 2. The van der Waals surface area contributed by atoms with E-state index in [2.05, 4.69) is 33.2 Å². The van der Waals surface area contributed by atoms with Crippen molar-refractivity contribution in [2.75, 3.05) is 0 Å². The molecule has 0 radical (unpaired) electrons. The molecule has 0 spiro atoms. The minimum atomic E-state index is 0.926. The Morgan fingerprint density at radius 1 is 0.700 bits per heavy atom. The van der Waals surface area contributed by atoms with Crippen LogP contribution in [-0.4, -0.2) is 19.9 Å². The highest BCUT2D eigenvalue weighted by atomic mass is 14.9. The lowest BCUT2D eigenvalue weighted by Crippen LogP contribution is -1.78. The normalized spacial score (nSPS) is 12.0. The summed E-state index contributed by atoms with van der Waals surface area (Å²) in [6.07, 6.45) is 1.80. The van der Waals surface area contributed by atoms with E-state index in [1.54, 1.807) is 6.20 Å². The second kappa shape index (κ2) is 3.36. The summed E-state index contributed by atoms with van der Waals surface area (Å²) in [6.45, 7) is 0. The van der Waals surface area contributed by atoms with Crippen LogP contribution in [0.4, 0.5) is 0 Å². The molecule has 0 unspecified atom stereocenters. The van der Waals surface area contributed by atoms with Crippen LogP contribution in [0.1, 0.15) is 0 Å². The van der Waals surface area contributed by atoms with Gasteiger partial charge in [0.15, 0.2) is 0 Å². The average molecular weight is 258 g/mol. The first-order valence-corrected chi connectivity index (χ1v) is 6.54. The van der Waals surface area contributed by atoms with Gasteiger partial charge in [0.05, 0.1) is 22.1 Å². The highest BCUT2D eigenvalue weighted by Crippen LogP contribution is 2.29. The van der Waals surface area contributed by atoms with E-state index in [1.165, 1.54) is 0 Å². The molecule has 1 aromatic carbocycles. The molecule has 0 saturated carbocycles. The van der Waals surface area contributed by atoms with Gasteiger partial charge in [0, 0.05) is 17.1 Å². The van der Waals surface area contributed by atoms with E-state index < -0.39 is 0 Å². The van der Waals surface area contributed by atoms with E-state index in [4.69, 9.17) is 4.98 Å². The van der Waals surface area contributed by atoms with Crippen molar-refractivity contribution in [1.29, 1.82) is 0 Å². The fraction of sp³-hybridized carbons (Fsp3) is 0. The van der Waals surface area contributed by atoms with Gasteiger partial charge in [-0.05, 0) is 24.3 Å². The third kappa shape index (κ3) is 1.15. The van der Waals surface area contributed by atoms with Crippen LogP contribution in [0.2, 0.25) is 0 Å². The zero-order valence-electron chi connectivity index (χ0n) is 10.5. The molecule has 0 bridgehead atoms. The summed E-state index contributed by atoms with van der Waals surface area (Å²) < 4.78 is 0. The maximum atomic E-state index is 4.83. The van der Waals surface area contributed by atoms with Gasteiger partial charge >= 0.3 is 0 Å². The van der Waals surface area contributed by atoms with Crippen LogP contribution in [0, 0.1) is 0 Å². The fourth-order valence-electron chi connectivity index (χ4n) is 2.87. The van der Waals surface area contributed by atoms with Crippen LogP contribution in [-0.2, 0) is 0 Å². The molecule has 5 rings (SSSR count). The number of H-pyrrole nitrogens is 2. The summed E-state index contributed by atoms with van der Waals surface area (Å²) in [7, 11) is 0. The Hall–Kier alpha value is -2.88. The molecule has 4 heterocycles. The minimum absolute atomic E-state index is 0.926. The summed E-state index contributed by atoms with van der Waals surface area (Å²) in [5.41, 5.74) is 7.04. The summed E-state index contributed by atoms with van der Waals surface area (Å²) in [5.74, 6) is 0. The second-order valence-electron chi connectivity index (χ2n) is 4.98. The molecule has 2 N–H and O–H groups in total. The average Bonchev–Trinajstić information content (AvgIpc) is 3.02. The minimum Gasteiger partial charge on any atom is -0.353 e. The van der Waals surface area contributed by atoms with Crippen molar-refractivity contribution in [2.45, 2.75) is 0 Å². The number of hydrogen-bond acceptors (Lipinski definition) is 2. The van der Waals surface area contributed by atoms with Crippen molar-refractivity contribution in [1.82, 2.24) is 19.9 Å². The number of benzene rings is 1. The van der Waals surface area contributed by atoms with Crippen LogP contribution in [0.3, 0.4) is 0 Å². The number of rotatable bonds is 0. The molecule has 0 aliphatic rings. The van der Waals surface area contributed by atoms with Crippen molar-refractivity contribution in [3.05, 3.63) is 48.7 Å². The highest BCUT2D eigenvalue weighted by Gasteiger charge is 2.11. The molecule has 94 valence electrons. The SMILES string of the molecule is c1ccc2c(c1)[nH]c1cc3[nH]c4cccnc4c3nc12. The summed E-state index contributed by atoms with van der Waals surface area (Å²) in [4.78, 5) is 16.0. The number of hydrogen-bond donors (Lipinski definition) is 2. The van der Waals surface area contributed by atoms with Crippen molar-refractivity contribution < 1.29 is 0 Å². The fourth-order valence-corrected chi connectivity index (χ4v) is 2.87. The maximum Gasteiger partial charge on any atom is 0.115 e. The predicted octanol–water partition coefficient (Wildman–Crippen LogP) is 3.75. The van der Waals surface area contributed by atoms with Crippen molar-refractivity contribution in [2.24, 2.45) is 0 Å². The number of fused-ring (bicyclic) bond motifs is 6. The number of aromatic nitrogens is 4. The van der Waals surface area contributed by atoms with Crippen molar-refractivity contribution >= 4 is 44.0 Å². The largest absolute Gasteiger partial charge is 0.353 e. The van der Waals surface area contributed by atoms with Gasteiger partial charge in [0.2, 0.25) is 0 Å². The molecular formula is C16H10N4. The molecule has 0 amide bonds. The molecule has 0 aliphatic carbocycles. The molecule has 5 aromatic rings. The number of nitrogens with one attached hydrogen (secondary N) is 2. The van der Waals surface area contributed by atoms with E-state index >= 15 is 0 Å². The number of para-hydroxylation sites is 1. The smallest absolute Gasteiger partial charge is 0.115 e. The molecule has 4 heteroatoms. The highest BCUT2D eigenvalue weighted by molar-refractivity contribution is 6.12. The molecule has 0 aliphatic heterocycles. The summed E-state index contributed by atoms with van der Waals surface area (Å²) in [6, 6.07) is 14.3. The van der Waals surface area contributed by atoms with Gasteiger partial charge < -0.3 is 9.97 Å². The zero-order chi connectivity index (χ0) is 13.1. The van der Waals surface area contributed by atoms with Crippen LogP contribution in [0.15, 0.2) is 48.7 Å². The van der Waals surface area contributed by atoms with E-state index in [9.17, 15) is 0 Å². The summed E-state index contributed by atoms with van der Waals surface area (Å²) >= 11 is 0. The standard InChI is InChI=1S/C16H10N4/c1-2-5-10-9(4-1)14-12(18-10)8-13-16(20-14)15-11(19-13)6-3-7-17-15/h1-8,18-19H. The van der Waals surface area contributed by atoms with Crippen LogP contribution in [0.5, 0.6) is 0 Å². The van der Waals surface area contributed by atoms with Crippen molar-refractivity contribution in [3.8, 4) is 0 Å². The van der Waals surface area contributed by atoms with Crippen LogP contribution in [0.25, 0.3) is 44.0 Å². The first-order chi connectivity index (χ1) is 9.90. The maximum absolute atomic E-state index is 4.83. The van der Waals surface area contributed by atoms with Crippen LogP contribution >= 0.6 is 0 Å². The lowest BCUT2D eigenvalue weighted by molar-refractivity contribution is 1.41. The van der Waals surface area contributed by atoms with E-state index in [0.717, 1.165) is 44.0 Å². The van der Waals surface area contributed by atoms with Crippen molar-refractivity contribution in [3.63, 3.8) is 0 Å².